The quantitative estimate of drug-likeness (QED) is 0.387. The van der Waals surface area contributed by atoms with E-state index in [1.165, 1.54) is 16.7 Å². The number of hydrogen-bond donors (Lipinski definition) is 0. The molecule has 1 radical (unpaired) electrons. The number of benzene rings is 2. The summed E-state index contributed by atoms with van der Waals surface area (Å²) < 4.78 is 5.90. The topological polar surface area (TPSA) is 9.23 Å². The van der Waals surface area contributed by atoms with E-state index in [0.717, 1.165) is 23.0 Å². The number of aryl methyl sites for hydroxylation is 1. The number of fused-ring (bicyclic) bond motifs is 3. The Kier molecular flexibility index (Phi) is 5.99. The summed E-state index contributed by atoms with van der Waals surface area (Å²) in [5.74, 6) is 0.878. The number of hydrogen-bond acceptors (Lipinski definition) is 1. The maximum atomic E-state index is 5.90. The van der Waals surface area contributed by atoms with Crippen LogP contribution in [0.5, 0.6) is 5.75 Å². The van der Waals surface area contributed by atoms with Gasteiger partial charge in [-0.15, -0.1) is 28.8 Å². The van der Waals surface area contributed by atoms with Crippen LogP contribution >= 0.6 is 0 Å². The van der Waals surface area contributed by atoms with E-state index < -0.39 is 0 Å². The van der Waals surface area contributed by atoms with Crippen molar-refractivity contribution in [2.45, 2.75) is 13.8 Å². The summed E-state index contributed by atoms with van der Waals surface area (Å²) in [6.45, 7) is 9.64. The summed E-state index contributed by atoms with van der Waals surface area (Å²) >= 11 is 0. The van der Waals surface area contributed by atoms with Crippen molar-refractivity contribution in [3.05, 3.63) is 73.2 Å². The first-order chi connectivity index (χ1) is 8.69. The Bertz CT molecular complexity index is 637. The number of rotatable bonds is 1. The van der Waals surface area contributed by atoms with Crippen LogP contribution in [-0.4, -0.2) is 0 Å². The van der Waals surface area contributed by atoms with Crippen molar-refractivity contribution in [1.29, 1.82) is 0 Å². The van der Waals surface area contributed by atoms with Gasteiger partial charge in [0.2, 0.25) is 0 Å². The van der Waals surface area contributed by atoms with Gasteiger partial charge in [0.15, 0.2) is 0 Å². The Morgan fingerprint density at radius 3 is 2.43 bits per heavy atom. The Labute approximate surface area is 135 Å². The Morgan fingerprint density at radius 1 is 1.10 bits per heavy atom. The third-order valence-corrected chi connectivity index (χ3v) is 3.31. The molecule has 2 aromatic rings. The molecule has 3 rings (SSSR count). The fraction of sp³-hybridized carbons (Fsp3) is 0.111. The molecule has 0 aromatic heterocycles. The van der Waals surface area contributed by atoms with Gasteiger partial charge in [-0.05, 0) is 11.7 Å². The van der Waals surface area contributed by atoms with Gasteiger partial charge >= 0.3 is 0 Å². The van der Waals surface area contributed by atoms with Crippen LogP contribution in [0, 0.1) is 27.0 Å². The summed E-state index contributed by atoms with van der Waals surface area (Å²) in [5, 5.41) is 0. The smallest absolute Gasteiger partial charge is 0.0885 e. The molecule has 1 nitrogen and oxygen atoms in total. The summed E-state index contributed by atoms with van der Waals surface area (Å²) in [5.41, 5.74) is 5.74. The summed E-state index contributed by atoms with van der Waals surface area (Å²) in [6, 6.07) is 12.5. The van der Waals surface area contributed by atoms with Gasteiger partial charge in [-0.3, -0.25) is 6.58 Å². The monoisotopic (exact) mass is 703 g/mol. The molecule has 0 saturated heterocycles. The van der Waals surface area contributed by atoms with Crippen LogP contribution in [0.25, 0.3) is 17.2 Å². The minimum Gasteiger partial charge on any atom is -0.523 e. The normalized spacial score (nSPS) is 10.7. The second-order valence-corrected chi connectivity index (χ2v) is 4.63. The third kappa shape index (κ3) is 2.99. The zero-order chi connectivity index (χ0) is 12.7. The standard InChI is InChI=1S/C17H14O.CH3.Re.Rf/c1-4-13-6-8-15-14-7-5-11(2)9-16(14)12(3)18-17(15)10-13;;;/h1,4-10H,2-3H3;1H3;;/q-2;-1;;. The predicted molar refractivity (Wildman–Crippen MR) is 80.4 cm³/mol. The van der Waals surface area contributed by atoms with Gasteiger partial charge in [-0.1, -0.05) is 32.0 Å². The van der Waals surface area contributed by atoms with Crippen molar-refractivity contribution in [3.63, 3.8) is 0 Å². The van der Waals surface area contributed by atoms with E-state index in [1.807, 2.05) is 19.1 Å². The van der Waals surface area contributed by atoms with Gasteiger partial charge in [0.25, 0.3) is 0 Å². The zero-order valence-electron chi connectivity index (χ0n) is 12.6. The maximum Gasteiger partial charge on any atom is 0.0885 e. The summed E-state index contributed by atoms with van der Waals surface area (Å²) in [7, 11) is 0. The molecule has 1 aliphatic heterocycles. The van der Waals surface area contributed by atoms with Gasteiger partial charge in [0, 0.05) is 20.4 Å². The van der Waals surface area contributed by atoms with Crippen molar-refractivity contribution >= 4 is 6.08 Å². The first kappa shape index (κ1) is 18.5. The van der Waals surface area contributed by atoms with E-state index in [4.69, 9.17) is 11.3 Å². The van der Waals surface area contributed by atoms with E-state index in [0.29, 0.717) is 0 Å². The second kappa shape index (κ2) is 6.79. The molecule has 21 heavy (non-hydrogen) atoms. The molecule has 2 aromatic carbocycles. The van der Waals surface area contributed by atoms with Gasteiger partial charge < -0.3 is 12.2 Å². The molecule has 0 spiro atoms. The van der Waals surface area contributed by atoms with E-state index >= 15 is 0 Å². The van der Waals surface area contributed by atoms with Gasteiger partial charge in [-0.25, -0.2) is 6.08 Å². The molecule has 1 aliphatic rings. The summed E-state index contributed by atoms with van der Waals surface area (Å²) in [6.07, 6.45) is 2.53. The molecule has 0 unspecified atom stereocenters. The molecule has 0 fully saturated rings. The largest absolute Gasteiger partial charge is 0.523 e. The molecule has 107 valence electrons. The predicted octanol–water partition coefficient (Wildman–Crippen LogP) is 4.85. The molecule has 1 heterocycles. The van der Waals surface area contributed by atoms with Crippen molar-refractivity contribution in [3.8, 4) is 16.9 Å². The minimum absolute atomic E-state index is 0. The molecule has 0 saturated carbocycles. The van der Waals surface area contributed by atoms with Crippen LogP contribution < -0.4 is 4.74 Å². The van der Waals surface area contributed by atoms with E-state index in [1.54, 1.807) is 6.08 Å². The van der Waals surface area contributed by atoms with Gasteiger partial charge in [0.1, 0.15) is 0 Å². The maximum absolute atomic E-state index is 5.90. The first-order valence-electron chi connectivity index (χ1n) is 6.01. The van der Waals surface area contributed by atoms with Gasteiger partial charge in [0.05, 0.1) is 5.75 Å². The second-order valence-electron chi connectivity index (χ2n) is 4.63. The van der Waals surface area contributed by atoms with Crippen molar-refractivity contribution in [2.24, 2.45) is 0 Å². The van der Waals surface area contributed by atoms with Crippen LogP contribution in [0.4, 0.5) is 0 Å². The first-order valence-corrected chi connectivity index (χ1v) is 6.01. The van der Waals surface area contributed by atoms with E-state index in [2.05, 4.69) is 31.2 Å². The average molecular weight is 703 g/mol. The molecule has 0 atom stereocenters. The van der Waals surface area contributed by atoms with Crippen molar-refractivity contribution < 1.29 is 25.2 Å². The fourth-order valence-electron chi connectivity index (χ4n) is 2.35. The summed E-state index contributed by atoms with van der Waals surface area (Å²) in [4.78, 5) is 0. The minimum atomic E-state index is 0. The fourth-order valence-corrected chi connectivity index (χ4v) is 2.35. The molecule has 0 N–H and O–H groups in total. The van der Waals surface area contributed by atoms with Crippen molar-refractivity contribution in [1.82, 2.24) is 0 Å². The third-order valence-electron chi connectivity index (χ3n) is 3.31. The molecule has 0 bridgehead atoms. The van der Waals surface area contributed by atoms with Crippen LogP contribution in [0.1, 0.15) is 23.6 Å². The molecular formula is C18H17OReRf-3. The molecular weight excluding hydrogens is 685 g/mol. The Hall–Kier alpha value is -2.49. The molecule has 3 heteroatoms. The van der Waals surface area contributed by atoms with Crippen molar-refractivity contribution in [2.75, 3.05) is 0 Å². The SMILES string of the molecule is [CH-]=Cc1ccc2c(c1)O[C-](C)c1cc(C)ccc1-2.[CH3-].[Re].[Rf]. The Balaban J connectivity index is 0.00000133. The van der Waals surface area contributed by atoms with Crippen LogP contribution in [0.2, 0.25) is 0 Å². The zero-order valence-corrected chi connectivity index (χ0v) is 21.7. The number of ether oxygens (including phenoxy) is 1. The van der Waals surface area contributed by atoms with Crippen LogP contribution in [0.15, 0.2) is 36.4 Å². The van der Waals surface area contributed by atoms with E-state index in [-0.39, 0.29) is 27.8 Å². The van der Waals surface area contributed by atoms with Crippen LogP contribution in [-0.2, 0) is 20.4 Å². The van der Waals surface area contributed by atoms with Crippen LogP contribution in [0.3, 0.4) is 0 Å². The Morgan fingerprint density at radius 2 is 1.76 bits per heavy atom. The molecule has 0 amide bonds. The van der Waals surface area contributed by atoms with Gasteiger partial charge in [-0.2, -0.15) is 11.6 Å². The van der Waals surface area contributed by atoms with E-state index in [9.17, 15) is 0 Å². The average Bonchev–Trinajstić information content (AvgIpc) is 2.38. The molecule has 0 aliphatic carbocycles.